The van der Waals surface area contributed by atoms with Gasteiger partial charge < -0.3 is 14.6 Å². The highest BCUT2D eigenvalue weighted by atomic mass is 32.1. The summed E-state index contributed by atoms with van der Waals surface area (Å²) in [5.41, 5.74) is 1.46. The van der Waals surface area contributed by atoms with E-state index in [2.05, 4.69) is 5.32 Å². The summed E-state index contributed by atoms with van der Waals surface area (Å²) in [4.78, 5) is 30.2. The lowest BCUT2D eigenvalue weighted by Crippen LogP contribution is -2.50. The molecule has 1 aliphatic carbocycles. The van der Waals surface area contributed by atoms with E-state index in [0.29, 0.717) is 17.9 Å². The first-order chi connectivity index (χ1) is 14.7. The van der Waals surface area contributed by atoms with Crippen LogP contribution in [0.4, 0.5) is 0 Å². The number of carbonyl (C=O) groups is 2. The summed E-state index contributed by atoms with van der Waals surface area (Å²) >= 11 is 1.61. The molecule has 2 aliphatic rings. The average molecular weight is 421 g/mol. The number of carbonyl (C=O) groups excluding carboxylic acids is 2. The van der Waals surface area contributed by atoms with Gasteiger partial charge in [0.25, 0.3) is 5.91 Å². The van der Waals surface area contributed by atoms with Crippen LogP contribution in [0.25, 0.3) is 0 Å². The molecule has 0 saturated heterocycles. The van der Waals surface area contributed by atoms with Crippen molar-refractivity contribution in [3.8, 4) is 0 Å². The minimum atomic E-state index is -0.451. The van der Waals surface area contributed by atoms with E-state index in [9.17, 15) is 9.59 Å². The van der Waals surface area contributed by atoms with E-state index < -0.39 is 5.92 Å². The molecule has 154 valence electrons. The first-order valence-corrected chi connectivity index (χ1v) is 11.4. The standard InChI is InChI=1S/C24H24N2O3S/c27-23(25-15-17-9-5-13-29-17)21-18-10-3-4-11-19(18)24(28)26(16-7-1-2-8-16)22(21)20-12-6-14-30-20/h3-6,9-14,16,21-22H,1-2,7-8,15H2,(H,25,27)/t21-,22+/m0/s1. The van der Waals surface area contributed by atoms with Crippen molar-refractivity contribution < 1.29 is 14.0 Å². The van der Waals surface area contributed by atoms with Crippen molar-refractivity contribution in [2.45, 2.75) is 50.2 Å². The van der Waals surface area contributed by atoms with Crippen molar-refractivity contribution in [2.24, 2.45) is 0 Å². The van der Waals surface area contributed by atoms with Crippen LogP contribution in [0.2, 0.25) is 0 Å². The Hall–Kier alpha value is -2.86. The second-order valence-electron chi connectivity index (χ2n) is 7.97. The fourth-order valence-electron chi connectivity index (χ4n) is 4.88. The number of benzene rings is 1. The molecule has 0 spiro atoms. The van der Waals surface area contributed by atoms with Crippen LogP contribution in [-0.2, 0) is 11.3 Å². The second kappa shape index (κ2) is 8.11. The summed E-state index contributed by atoms with van der Waals surface area (Å²) in [6, 6.07) is 15.2. The van der Waals surface area contributed by atoms with Crippen molar-refractivity contribution in [1.29, 1.82) is 0 Å². The molecule has 2 aromatic heterocycles. The zero-order valence-electron chi connectivity index (χ0n) is 16.6. The van der Waals surface area contributed by atoms with E-state index in [1.807, 2.05) is 58.8 Å². The van der Waals surface area contributed by atoms with E-state index in [1.54, 1.807) is 17.6 Å². The van der Waals surface area contributed by atoms with Crippen LogP contribution in [0.15, 0.2) is 64.6 Å². The third-order valence-corrected chi connectivity index (χ3v) is 7.17. The SMILES string of the molecule is O=C(NCc1ccco1)[C@H]1c2ccccc2C(=O)N(C2CCCC2)[C@@H]1c1cccs1. The Kier molecular flexibility index (Phi) is 5.17. The van der Waals surface area contributed by atoms with Crippen LogP contribution in [0.1, 0.15) is 64.2 Å². The predicted molar refractivity (Wildman–Crippen MR) is 115 cm³/mol. The molecule has 6 heteroatoms. The summed E-state index contributed by atoms with van der Waals surface area (Å²) in [5.74, 6) is 0.232. The number of hydrogen-bond acceptors (Lipinski definition) is 4. The molecule has 2 amide bonds. The second-order valence-corrected chi connectivity index (χ2v) is 8.95. The normalized spacial score (nSPS) is 21.6. The lowest BCUT2D eigenvalue weighted by Gasteiger charge is -2.44. The van der Waals surface area contributed by atoms with Crippen molar-refractivity contribution in [3.63, 3.8) is 0 Å². The molecule has 5 rings (SSSR count). The third kappa shape index (κ3) is 3.35. The Balaban J connectivity index is 1.57. The number of thiophene rings is 1. The van der Waals surface area contributed by atoms with Crippen LogP contribution in [0.5, 0.6) is 0 Å². The Morgan fingerprint density at radius 3 is 2.67 bits per heavy atom. The molecular formula is C24H24N2O3S. The largest absolute Gasteiger partial charge is 0.467 e. The van der Waals surface area contributed by atoms with Gasteiger partial charge in [-0.1, -0.05) is 37.1 Å². The minimum absolute atomic E-state index is 0.0472. The van der Waals surface area contributed by atoms with Gasteiger partial charge >= 0.3 is 0 Å². The van der Waals surface area contributed by atoms with Gasteiger partial charge in [0.05, 0.1) is 24.8 Å². The number of nitrogens with one attached hydrogen (secondary N) is 1. The molecular weight excluding hydrogens is 396 g/mol. The first kappa shape index (κ1) is 19.1. The van der Waals surface area contributed by atoms with Gasteiger partial charge in [-0.3, -0.25) is 9.59 Å². The fourth-order valence-corrected chi connectivity index (χ4v) is 5.74. The Morgan fingerprint density at radius 1 is 1.10 bits per heavy atom. The zero-order valence-corrected chi connectivity index (χ0v) is 17.4. The summed E-state index contributed by atoms with van der Waals surface area (Å²) in [5, 5.41) is 5.07. The molecule has 2 atom stereocenters. The van der Waals surface area contributed by atoms with Gasteiger partial charge in [-0.15, -0.1) is 11.3 Å². The van der Waals surface area contributed by atoms with E-state index in [-0.39, 0.29) is 23.9 Å². The molecule has 3 heterocycles. The number of fused-ring (bicyclic) bond motifs is 1. The number of hydrogen-bond donors (Lipinski definition) is 1. The van der Waals surface area contributed by atoms with Gasteiger partial charge in [0, 0.05) is 16.5 Å². The van der Waals surface area contributed by atoms with Gasteiger partial charge in [0.2, 0.25) is 5.91 Å². The molecule has 1 aromatic carbocycles. The summed E-state index contributed by atoms with van der Waals surface area (Å²) in [7, 11) is 0. The average Bonchev–Trinajstić information content (AvgIpc) is 3.55. The molecule has 1 saturated carbocycles. The van der Waals surface area contributed by atoms with Crippen molar-refractivity contribution in [1.82, 2.24) is 10.2 Å². The molecule has 3 aromatic rings. The topological polar surface area (TPSA) is 62.6 Å². The Labute approximate surface area is 179 Å². The first-order valence-electron chi connectivity index (χ1n) is 10.5. The van der Waals surface area contributed by atoms with Crippen LogP contribution < -0.4 is 5.32 Å². The van der Waals surface area contributed by atoms with Crippen molar-refractivity contribution in [2.75, 3.05) is 0 Å². The maximum Gasteiger partial charge on any atom is 0.254 e. The molecule has 0 bridgehead atoms. The van der Waals surface area contributed by atoms with Gasteiger partial charge in [0.15, 0.2) is 0 Å². The lowest BCUT2D eigenvalue weighted by molar-refractivity contribution is -0.124. The monoisotopic (exact) mass is 420 g/mol. The van der Waals surface area contributed by atoms with Crippen LogP contribution >= 0.6 is 11.3 Å². The number of furan rings is 1. The van der Waals surface area contributed by atoms with E-state index in [1.165, 1.54) is 0 Å². The van der Waals surface area contributed by atoms with Crippen molar-refractivity contribution in [3.05, 3.63) is 81.9 Å². The Bertz CT molecular complexity index is 1020. The highest BCUT2D eigenvalue weighted by molar-refractivity contribution is 7.10. The van der Waals surface area contributed by atoms with Gasteiger partial charge in [-0.2, -0.15) is 0 Å². The summed E-state index contributed by atoms with van der Waals surface area (Å²) < 4.78 is 5.38. The summed E-state index contributed by atoms with van der Waals surface area (Å²) in [6.07, 6.45) is 5.85. The highest BCUT2D eigenvalue weighted by Gasteiger charge is 2.47. The number of rotatable bonds is 5. The lowest BCUT2D eigenvalue weighted by atomic mass is 9.80. The van der Waals surface area contributed by atoms with Crippen LogP contribution in [0, 0.1) is 0 Å². The zero-order chi connectivity index (χ0) is 20.5. The molecule has 0 radical (unpaired) electrons. The maximum absolute atomic E-state index is 13.6. The fraction of sp³-hybridized carbons (Fsp3) is 0.333. The van der Waals surface area contributed by atoms with E-state index >= 15 is 0 Å². The molecule has 0 unspecified atom stereocenters. The predicted octanol–water partition coefficient (Wildman–Crippen LogP) is 4.88. The van der Waals surface area contributed by atoms with Gasteiger partial charge in [0.1, 0.15) is 5.76 Å². The maximum atomic E-state index is 13.6. The molecule has 30 heavy (non-hydrogen) atoms. The van der Waals surface area contributed by atoms with Crippen molar-refractivity contribution >= 4 is 23.2 Å². The summed E-state index contributed by atoms with van der Waals surface area (Å²) in [6.45, 7) is 0.332. The highest BCUT2D eigenvalue weighted by Crippen LogP contribution is 2.47. The number of amides is 2. The molecule has 1 fully saturated rings. The smallest absolute Gasteiger partial charge is 0.254 e. The van der Waals surface area contributed by atoms with E-state index in [0.717, 1.165) is 36.1 Å². The molecule has 5 nitrogen and oxygen atoms in total. The quantitative estimate of drug-likeness (QED) is 0.640. The van der Waals surface area contributed by atoms with Gasteiger partial charge in [-0.25, -0.2) is 0 Å². The molecule has 1 N–H and O–H groups in total. The van der Waals surface area contributed by atoms with Crippen LogP contribution in [-0.4, -0.2) is 22.8 Å². The van der Waals surface area contributed by atoms with Crippen LogP contribution in [0.3, 0.4) is 0 Å². The Morgan fingerprint density at radius 2 is 1.93 bits per heavy atom. The van der Waals surface area contributed by atoms with Gasteiger partial charge in [-0.05, 0) is 48.1 Å². The number of nitrogens with zero attached hydrogens (tertiary/aromatic N) is 1. The minimum Gasteiger partial charge on any atom is -0.467 e. The van der Waals surface area contributed by atoms with E-state index in [4.69, 9.17) is 4.42 Å². The molecule has 1 aliphatic heterocycles. The third-order valence-electron chi connectivity index (χ3n) is 6.23.